The Bertz CT molecular complexity index is 236. The number of rotatable bonds is 6. The Balaban J connectivity index is 2.47. The molecule has 0 fully saturated rings. The van der Waals surface area contributed by atoms with Gasteiger partial charge in [-0.15, -0.1) is 0 Å². The maximum atomic E-state index is 5.46. The fourth-order valence-corrected chi connectivity index (χ4v) is 1.51. The van der Waals surface area contributed by atoms with Crippen molar-refractivity contribution in [1.29, 1.82) is 0 Å². The summed E-state index contributed by atoms with van der Waals surface area (Å²) in [5.74, 6) is 6.78. The number of hydrogen-bond acceptors (Lipinski definition) is 4. The largest absolute Gasteiger partial charge is 0.468 e. The monoisotopic (exact) mass is 198 g/mol. The van der Waals surface area contributed by atoms with Gasteiger partial charge in [0.05, 0.1) is 12.3 Å². The topological polar surface area (TPSA) is 60.4 Å². The Kier molecular flexibility index (Phi) is 4.65. The predicted molar refractivity (Wildman–Crippen MR) is 54.4 cm³/mol. The van der Waals surface area contributed by atoms with E-state index in [0.717, 1.165) is 18.8 Å². The van der Waals surface area contributed by atoms with Crippen molar-refractivity contribution in [1.82, 2.24) is 5.43 Å². The van der Waals surface area contributed by atoms with Gasteiger partial charge in [-0.1, -0.05) is 6.92 Å². The van der Waals surface area contributed by atoms with Gasteiger partial charge in [-0.05, 0) is 24.5 Å². The first-order chi connectivity index (χ1) is 6.77. The number of ether oxygens (including phenoxy) is 1. The molecule has 4 heteroatoms. The maximum Gasteiger partial charge on any atom is 0.122 e. The molecule has 0 aliphatic carbocycles. The van der Waals surface area contributed by atoms with Crippen LogP contribution >= 0.6 is 0 Å². The molecule has 0 radical (unpaired) electrons. The molecule has 1 aromatic rings. The third-order valence-electron chi connectivity index (χ3n) is 2.18. The standard InChI is InChI=1S/C10H18N2O2/c1-8(7-13-2)6-9(12-11)10-4-3-5-14-10/h3-5,8-9,12H,6-7,11H2,1-2H3. The zero-order chi connectivity index (χ0) is 10.4. The smallest absolute Gasteiger partial charge is 0.122 e. The number of methoxy groups -OCH3 is 1. The summed E-state index contributed by atoms with van der Waals surface area (Å²) in [6.45, 7) is 2.86. The SMILES string of the molecule is COCC(C)CC(NN)c1ccco1. The second kappa shape index (κ2) is 5.80. The summed E-state index contributed by atoms with van der Waals surface area (Å²) in [5, 5.41) is 0. The van der Waals surface area contributed by atoms with Crippen LogP contribution in [0.5, 0.6) is 0 Å². The third kappa shape index (κ3) is 3.14. The van der Waals surface area contributed by atoms with E-state index in [9.17, 15) is 0 Å². The molecule has 0 bridgehead atoms. The molecule has 0 amide bonds. The first-order valence-electron chi connectivity index (χ1n) is 4.76. The maximum absolute atomic E-state index is 5.46. The average Bonchev–Trinajstić information content (AvgIpc) is 2.67. The van der Waals surface area contributed by atoms with Crippen molar-refractivity contribution in [2.45, 2.75) is 19.4 Å². The quantitative estimate of drug-likeness (QED) is 0.536. The van der Waals surface area contributed by atoms with Crippen molar-refractivity contribution in [3.05, 3.63) is 24.2 Å². The summed E-state index contributed by atoms with van der Waals surface area (Å²) in [4.78, 5) is 0. The van der Waals surface area contributed by atoms with Crippen LogP contribution in [0.2, 0.25) is 0 Å². The molecule has 1 heterocycles. The van der Waals surface area contributed by atoms with Crippen LogP contribution in [-0.4, -0.2) is 13.7 Å². The number of nitrogens with one attached hydrogen (secondary N) is 1. The molecule has 4 nitrogen and oxygen atoms in total. The molecule has 2 atom stereocenters. The van der Waals surface area contributed by atoms with E-state index in [0.29, 0.717) is 5.92 Å². The van der Waals surface area contributed by atoms with Crippen LogP contribution in [0.3, 0.4) is 0 Å². The van der Waals surface area contributed by atoms with E-state index in [1.165, 1.54) is 0 Å². The van der Waals surface area contributed by atoms with Crippen molar-refractivity contribution in [3.63, 3.8) is 0 Å². The van der Waals surface area contributed by atoms with Crippen molar-refractivity contribution >= 4 is 0 Å². The zero-order valence-corrected chi connectivity index (χ0v) is 8.69. The third-order valence-corrected chi connectivity index (χ3v) is 2.18. The van der Waals surface area contributed by atoms with Gasteiger partial charge in [0.1, 0.15) is 5.76 Å². The fourth-order valence-electron chi connectivity index (χ4n) is 1.51. The van der Waals surface area contributed by atoms with Crippen molar-refractivity contribution < 1.29 is 9.15 Å². The highest BCUT2D eigenvalue weighted by molar-refractivity contribution is 5.03. The minimum absolute atomic E-state index is 0.0650. The Hall–Kier alpha value is -0.840. The van der Waals surface area contributed by atoms with Gasteiger partial charge < -0.3 is 9.15 Å². The Morgan fingerprint density at radius 1 is 1.64 bits per heavy atom. The lowest BCUT2D eigenvalue weighted by Gasteiger charge is -2.17. The number of hydrogen-bond donors (Lipinski definition) is 2. The van der Waals surface area contributed by atoms with E-state index in [-0.39, 0.29) is 6.04 Å². The van der Waals surface area contributed by atoms with Crippen LogP contribution in [0, 0.1) is 5.92 Å². The lowest BCUT2D eigenvalue weighted by molar-refractivity contribution is 0.147. The van der Waals surface area contributed by atoms with Gasteiger partial charge in [0.25, 0.3) is 0 Å². The summed E-state index contributed by atoms with van der Waals surface area (Å²) in [5.41, 5.74) is 2.74. The van der Waals surface area contributed by atoms with E-state index in [1.807, 2.05) is 12.1 Å². The van der Waals surface area contributed by atoms with E-state index in [2.05, 4.69) is 12.3 Å². The van der Waals surface area contributed by atoms with Gasteiger partial charge in [0.2, 0.25) is 0 Å². The summed E-state index contributed by atoms with van der Waals surface area (Å²) in [6.07, 6.45) is 2.55. The molecule has 3 N–H and O–H groups in total. The second-order valence-electron chi connectivity index (χ2n) is 3.53. The zero-order valence-electron chi connectivity index (χ0n) is 8.69. The molecule has 0 saturated carbocycles. The molecule has 2 unspecified atom stereocenters. The van der Waals surface area contributed by atoms with Gasteiger partial charge in [0.15, 0.2) is 0 Å². The predicted octanol–water partition coefficient (Wildman–Crippen LogP) is 1.46. The Morgan fingerprint density at radius 3 is 2.93 bits per heavy atom. The van der Waals surface area contributed by atoms with Crippen LogP contribution in [0.4, 0.5) is 0 Å². The number of furan rings is 1. The molecule has 0 aliphatic rings. The van der Waals surface area contributed by atoms with E-state index < -0.39 is 0 Å². The van der Waals surface area contributed by atoms with Crippen molar-refractivity contribution in [2.75, 3.05) is 13.7 Å². The molecular weight excluding hydrogens is 180 g/mol. The molecule has 1 rings (SSSR count). The van der Waals surface area contributed by atoms with Crippen LogP contribution in [0.15, 0.2) is 22.8 Å². The average molecular weight is 198 g/mol. The van der Waals surface area contributed by atoms with Crippen LogP contribution in [-0.2, 0) is 4.74 Å². The van der Waals surface area contributed by atoms with Gasteiger partial charge >= 0.3 is 0 Å². The molecule has 80 valence electrons. The molecule has 14 heavy (non-hydrogen) atoms. The van der Waals surface area contributed by atoms with Gasteiger partial charge in [-0.2, -0.15) is 0 Å². The van der Waals surface area contributed by atoms with E-state index >= 15 is 0 Å². The summed E-state index contributed by atoms with van der Waals surface area (Å²) >= 11 is 0. The Morgan fingerprint density at radius 2 is 2.43 bits per heavy atom. The normalized spacial score (nSPS) is 15.4. The van der Waals surface area contributed by atoms with Crippen LogP contribution in [0.1, 0.15) is 25.1 Å². The molecule has 0 spiro atoms. The molecular formula is C10H18N2O2. The number of nitrogens with two attached hydrogens (primary N) is 1. The Labute approximate surface area is 84.4 Å². The van der Waals surface area contributed by atoms with Crippen LogP contribution in [0.25, 0.3) is 0 Å². The lowest BCUT2D eigenvalue weighted by Crippen LogP contribution is -2.29. The lowest BCUT2D eigenvalue weighted by atomic mass is 10.0. The summed E-state index contributed by atoms with van der Waals surface area (Å²) in [6, 6.07) is 3.85. The minimum Gasteiger partial charge on any atom is -0.468 e. The first-order valence-corrected chi connectivity index (χ1v) is 4.76. The molecule has 0 aromatic carbocycles. The highest BCUT2D eigenvalue weighted by atomic mass is 16.5. The highest BCUT2D eigenvalue weighted by Gasteiger charge is 2.15. The molecule has 0 aliphatic heterocycles. The van der Waals surface area contributed by atoms with Gasteiger partial charge in [-0.25, -0.2) is 5.43 Å². The minimum atomic E-state index is 0.0650. The van der Waals surface area contributed by atoms with E-state index in [1.54, 1.807) is 13.4 Å². The molecule has 1 aromatic heterocycles. The van der Waals surface area contributed by atoms with Crippen molar-refractivity contribution in [3.8, 4) is 0 Å². The second-order valence-corrected chi connectivity index (χ2v) is 3.53. The summed E-state index contributed by atoms with van der Waals surface area (Å²) < 4.78 is 10.3. The van der Waals surface area contributed by atoms with Gasteiger partial charge in [-0.3, -0.25) is 5.84 Å². The van der Waals surface area contributed by atoms with Crippen molar-refractivity contribution in [2.24, 2.45) is 11.8 Å². The van der Waals surface area contributed by atoms with Gasteiger partial charge in [0, 0.05) is 13.7 Å². The fraction of sp³-hybridized carbons (Fsp3) is 0.600. The van der Waals surface area contributed by atoms with E-state index in [4.69, 9.17) is 15.0 Å². The highest BCUT2D eigenvalue weighted by Crippen LogP contribution is 2.20. The summed E-state index contributed by atoms with van der Waals surface area (Å²) in [7, 11) is 1.70. The van der Waals surface area contributed by atoms with Crippen LogP contribution < -0.4 is 11.3 Å². The molecule has 0 saturated heterocycles. The number of hydrazine groups is 1. The first kappa shape index (κ1) is 11.2.